The second-order valence-corrected chi connectivity index (χ2v) is 5.31. The summed E-state index contributed by atoms with van der Waals surface area (Å²) in [6.45, 7) is 3.11. The monoisotopic (exact) mass is 302 g/mol. The molecule has 1 atom stereocenters. The third-order valence-electron chi connectivity index (χ3n) is 3.68. The Morgan fingerprint density at radius 3 is 2.95 bits per heavy atom. The van der Waals surface area contributed by atoms with E-state index in [2.05, 4.69) is 20.4 Å². The van der Waals surface area contributed by atoms with Crippen molar-refractivity contribution < 1.29 is 14.1 Å². The largest absolute Gasteiger partial charge is 0.381 e. The normalized spacial score (nSPS) is 17.1. The van der Waals surface area contributed by atoms with E-state index >= 15 is 0 Å². The topological polar surface area (TPSA) is 90.1 Å². The Kier molecular flexibility index (Phi) is 4.43. The van der Waals surface area contributed by atoms with Gasteiger partial charge in [-0.05, 0) is 31.9 Å². The predicted molar refractivity (Wildman–Crippen MR) is 77.6 cm³/mol. The fourth-order valence-electron chi connectivity index (χ4n) is 2.38. The van der Waals surface area contributed by atoms with Gasteiger partial charge in [-0.15, -0.1) is 0 Å². The van der Waals surface area contributed by atoms with Gasteiger partial charge in [-0.3, -0.25) is 9.78 Å². The fraction of sp³-hybridized carbons (Fsp3) is 0.467. The highest BCUT2D eigenvalue weighted by atomic mass is 16.5. The Bertz CT molecular complexity index is 623. The average molecular weight is 302 g/mol. The quantitative estimate of drug-likeness (QED) is 0.925. The molecule has 0 aliphatic carbocycles. The molecule has 2 aromatic rings. The van der Waals surface area contributed by atoms with Crippen LogP contribution in [0.4, 0.5) is 0 Å². The van der Waals surface area contributed by atoms with Crippen LogP contribution < -0.4 is 5.32 Å². The minimum atomic E-state index is -0.326. The summed E-state index contributed by atoms with van der Waals surface area (Å²) in [5, 5.41) is 6.85. The van der Waals surface area contributed by atoms with Crippen LogP contribution >= 0.6 is 0 Å². The molecule has 0 unspecified atom stereocenters. The minimum Gasteiger partial charge on any atom is -0.381 e. The molecule has 0 spiro atoms. The molecule has 22 heavy (non-hydrogen) atoms. The maximum atomic E-state index is 12.2. The van der Waals surface area contributed by atoms with Crippen LogP contribution in [0.5, 0.6) is 0 Å². The molecular weight excluding hydrogens is 284 g/mol. The van der Waals surface area contributed by atoms with Gasteiger partial charge in [0, 0.05) is 37.1 Å². The van der Waals surface area contributed by atoms with Gasteiger partial charge in [-0.25, -0.2) is 0 Å². The summed E-state index contributed by atoms with van der Waals surface area (Å²) in [5.74, 6) is 0.864. The molecule has 2 aromatic heterocycles. The van der Waals surface area contributed by atoms with E-state index in [0.717, 1.165) is 18.4 Å². The lowest BCUT2D eigenvalue weighted by atomic mass is 9.99. The molecule has 1 saturated heterocycles. The second kappa shape index (κ2) is 6.65. The first-order valence-corrected chi connectivity index (χ1v) is 7.36. The van der Waals surface area contributed by atoms with E-state index in [1.54, 1.807) is 12.4 Å². The number of aromatic nitrogens is 3. The SMILES string of the molecule is C[C@@H](NC(=O)C1CCOCC1)c1nc(-c2cccnc2)no1. The molecule has 1 aliphatic rings. The van der Waals surface area contributed by atoms with Gasteiger partial charge in [0.05, 0.1) is 0 Å². The van der Waals surface area contributed by atoms with Crippen molar-refractivity contribution in [3.05, 3.63) is 30.4 Å². The van der Waals surface area contributed by atoms with Crippen LogP contribution in [0.1, 0.15) is 31.7 Å². The van der Waals surface area contributed by atoms with E-state index in [0.29, 0.717) is 24.9 Å². The maximum Gasteiger partial charge on any atom is 0.249 e. The molecule has 1 amide bonds. The zero-order chi connectivity index (χ0) is 15.4. The van der Waals surface area contributed by atoms with Gasteiger partial charge in [0.25, 0.3) is 0 Å². The molecule has 7 heteroatoms. The van der Waals surface area contributed by atoms with E-state index in [1.807, 2.05) is 19.1 Å². The van der Waals surface area contributed by atoms with Gasteiger partial charge in [0.15, 0.2) is 0 Å². The molecule has 0 aromatic carbocycles. The molecule has 0 radical (unpaired) electrons. The van der Waals surface area contributed by atoms with Crippen LogP contribution in [0.2, 0.25) is 0 Å². The van der Waals surface area contributed by atoms with Crippen molar-refractivity contribution in [2.75, 3.05) is 13.2 Å². The van der Waals surface area contributed by atoms with Crippen LogP contribution in [-0.2, 0) is 9.53 Å². The summed E-state index contributed by atoms with van der Waals surface area (Å²) in [5.41, 5.74) is 0.778. The summed E-state index contributed by atoms with van der Waals surface area (Å²) >= 11 is 0. The first kappa shape index (κ1) is 14.6. The molecule has 0 saturated carbocycles. The molecule has 7 nitrogen and oxygen atoms in total. The van der Waals surface area contributed by atoms with Crippen LogP contribution in [0.15, 0.2) is 29.0 Å². The van der Waals surface area contributed by atoms with Crippen LogP contribution in [-0.4, -0.2) is 34.2 Å². The third-order valence-corrected chi connectivity index (χ3v) is 3.68. The Morgan fingerprint density at radius 1 is 1.41 bits per heavy atom. The highest BCUT2D eigenvalue weighted by Gasteiger charge is 2.25. The molecule has 1 N–H and O–H groups in total. The zero-order valence-electron chi connectivity index (χ0n) is 12.4. The number of nitrogens with zero attached hydrogens (tertiary/aromatic N) is 3. The van der Waals surface area contributed by atoms with Crippen molar-refractivity contribution in [3.63, 3.8) is 0 Å². The first-order valence-electron chi connectivity index (χ1n) is 7.36. The molecular formula is C15H18N4O3. The number of hydrogen-bond donors (Lipinski definition) is 1. The van der Waals surface area contributed by atoms with Crippen molar-refractivity contribution in [2.45, 2.75) is 25.8 Å². The van der Waals surface area contributed by atoms with Crippen molar-refractivity contribution >= 4 is 5.91 Å². The van der Waals surface area contributed by atoms with Gasteiger partial charge in [0.1, 0.15) is 6.04 Å². The lowest BCUT2D eigenvalue weighted by Crippen LogP contribution is -2.35. The lowest BCUT2D eigenvalue weighted by molar-refractivity contribution is -0.128. The predicted octanol–water partition coefficient (Wildman–Crippen LogP) is 1.74. The third kappa shape index (κ3) is 3.30. The maximum absolute atomic E-state index is 12.2. The highest BCUT2D eigenvalue weighted by Crippen LogP contribution is 2.19. The number of hydrogen-bond acceptors (Lipinski definition) is 6. The molecule has 3 rings (SSSR count). The summed E-state index contributed by atoms with van der Waals surface area (Å²) in [7, 11) is 0. The zero-order valence-corrected chi connectivity index (χ0v) is 12.4. The molecule has 0 bridgehead atoms. The van der Waals surface area contributed by atoms with Gasteiger partial charge in [-0.2, -0.15) is 4.98 Å². The van der Waals surface area contributed by atoms with Crippen molar-refractivity contribution in [2.24, 2.45) is 5.92 Å². The van der Waals surface area contributed by atoms with Crippen molar-refractivity contribution in [1.82, 2.24) is 20.4 Å². The fourth-order valence-corrected chi connectivity index (χ4v) is 2.38. The van der Waals surface area contributed by atoms with Gasteiger partial charge in [0.2, 0.25) is 17.6 Å². The lowest BCUT2D eigenvalue weighted by Gasteiger charge is -2.22. The van der Waals surface area contributed by atoms with Crippen LogP contribution in [0.25, 0.3) is 11.4 Å². The number of amides is 1. The second-order valence-electron chi connectivity index (χ2n) is 5.31. The molecule has 1 fully saturated rings. The van der Waals surface area contributed by atoms with Gasteiger partial charge < -0.3 is 14.6 Å². The highest BCUT2D eigenvalue weighted by molar-refractivity contribution is 5.79. The summed E-state index contributed by atoms with van der Waals surface area (Å²) in [6, 6.07) is 3.34. The Labute approximate surface area is 128 Å². The Balaban J connectivity index is 1.64. The number of carbonyl (C=O) groups excluding carboxylic acids is 1. The van der Waals surface area contributed by atoms with Crippen LogP contribution in [0, 0.1) is 5.92 Å². The van der Waals surface area contributed by atoms with Crippen molar-refractivity contribution in [1.29, 1.82) is 0 Å². The number of pyridine rings is 1. The van der Waals surface area contributed by atoms with E-state index in [9.17, 15) is 4.79 Å². The smallest absolute Gasteiger partial charge is 0.249 e. The van der Waals surface area contributed by atoms with Gasteiger partial charge >= 0.3 is 0 Å². The van der Waals surface area contributed by atoms with E-state index < -0.39 is 0 Å². The Morgan fingerprint density at radius 2 is 2.23 bits per heavy atom. The minimum absolute atomic E-state index is 0.00286. The van der Waals surface area contributed by atoms with E-state index in [-0.39, 0.29) is 17.9 Å². The van der Waals surface area contributed by atoms with E-state index in [1.165, 1.54) is 0 Å². The standard InChI is InChI=1S/C15H18N4O3/c1-10(17-14(20)11-4-7-21-8-5-11)15-18-13(19-22-15)12-3-2-6-16-9-12/h2-3,6,9-11H,4-5,7-8H2,1H3,(H,17,20)/t10-/m1/s1. The molecule has 116 valence electrons. The number of ether oxygens (including phenoxy) is 1. The first-order chi connectivity index (χ1) is 10.7. The summed E-state index contributed by atoms with van der Waals surface area (Å²) in [6.07, 6.45) is 4.85. The molecule has 1 aliphatic heterocycles. The number of carbonyl (C=O) groups is 1. The summed E-state index contributed by atoms with van der Waals surface area (Å²) < 4.78 is 10.5. The number of rotatable bonds is 4. The number of nitrogens with one attached hydrogen (secondary N) is 1. The van der Waals surface area contributed by atoms with E-state index in [4.69, 9.17) is 9.26 Å². The Hall–Kier alpha value is -2.28. The van der Waals surface area contributed by atoms with Gasteiger partial charge in [-0.1, -0.05) is 5.16 Å². The van der Waals surface area contributed by atoms with Crippen molar-refractivity contribution in [3.8, 4) is 11.4 Å². The average Bonchev–Trinajstić information content (AvgIpc) is 3.06. The summed E-state index contributed by atoms with van der Waals surface area (Å²) in [4.78, 5) is 20.5. The van der Waals surface area contributed by atoms with Crippen LogP contribution in [0.3, 0.4) is 0 Å². The molecule has 3 heterocycles.